The molecule has 0 aliphatic carbocycles. The summed E-state index contributed by atoms with van der Waals surface area (Å²) in [4.78, 5) is 0. The molecule has 0 bridgehead atoms. The Morgan fingerprint density at radius 3 is 2.76 bits per heavy atom. The smallest absolute Gasteiger partial charge is 0.122 e. The summed E-state index contributed by atoms with van der Waals surface area (Å²) in [5.41, 5.74) is 2.14. The second-order valence-electron chi connectivity index (χ2n) is 3.99. The Labute approximate surface area is 108 Å². The summed E-state index contributed by atoms with van der Waals surface area (Å²) >= 11 is 6.10. The van der Waals surface area contributed by atoms with Crippen LogP contribution in [0.15, 0.2) is 12.1 Å². The van der Waals surface area contributed by atoms with Crippen LogP contribution >= 0.6 is 11.6 Å². The Morgan fingerprint density at radius 2 is 2.12 bits per heavy atom. The van der Waals surface area contributed by atoms with Crippen LogP contribution in [0.4, 0.5) is 0 Å². The van der Waals surface area contributed by atoms with Crippen molar-refractivity contribution in [3.05, 3.63) is 28.3 Å². The predicted molar refractivity (Wildman–Crippen MR) is 71.0 cm³/mol. The number of hydrogen-bond donors (Lipinski definition) is 2. The fraction of sp³-hybridized carbons (Fsp3) is 0.538. The number of ether oxygens (including phenoxy) is 1. The Kier molecular flexibility index (Phi) is 6.34. The van der Waals surface area contributed by atoms with Gasteiger partial charge in [-0.2, -0.15) is 0 Å². The molecule has 0 saturated carbocycles. The molecular weight excluding hydrogens is 238 g/mol. The molecule has 0 heterocycles. The third kappa shape index (κ3) is 4.54. The van der Waals surface area contributed by atoms with Crippen molar-refractivity contribution in [3.8, 4) is 5.75 Å². The summed E-state index contributed by atoms with van der Waals surface area (Å²) in [5.74, 6) is 0.885. The minimum Gasteiger partial charge on any atom is -0.496 e. The number of hydrogen-bond acceptors (Lipinski definition) is 3. The molecule has 1 aromatic carbocycles. The third-order valence-electron chi connectivity index (χ3n) is 2.64. The van der Waals surface area contributed by atoms with Crippen molar-refractivity contribution >= 4 is 11.6 Å². The van der Waals surface area contributed by atoms with Gasteiger partial charge >= 0.3 is 0 Å². The topological polar surface area (TPSA) is 41.5 Å². The fourth-order valence-corrected chi connectivity index (χ4v) is 1.82. The van der Waals surface area contributed by atoms with E-state index in [4.69, 9.17) is 21.4 Å². The summed E-state index contributed by atoms with van der Waals surface area (Å²) in [6, 6.07) is 3.93. The molecule has 96 valence electrons. The van der Waals surface area contributed by atoms with Crippen LogP contribution in [0.5, 0.6) is 5.75 Å². The molecule has 0 amide bonds. The van der Waals surface area contributed by atoms with Crippen molar-refractivity contribution in [2.75, 3.05) is 26.8 Å². The standard InChI is InChI=1S/C13H20ClNO2/c1-10-8-13(17-2)11(9-12(10)14)4-6-15-5-3-7-16/h8-9,15-16H,3-7H2,1-2H3. The predicted octanol–water partition coefficient (Wildman–Crippen LogP) is 2.17. The number of nitrogens with one attached hydrogen (secondary N) is 1. The molecule has 0 radical (unpaired) electrons. The van der Waals surface area contributed by atoms with Crippen molar-refractivity contribution in [1.82, 2.24) is 5.32 Å². The summed E-state index contributed by atoms with van der Waals surface area (Å²) in [6.45, 7) is 3.88. The van der Waals surface area contributed by atoms with Crippen LogP contribution in [0.3, 0.4) is 0 Å². The third-order valence-corrected chi connectivity index (χ3v) is 3.05. The van der Waals surface area contributed by atoms with Crippen molar-refractivity contribution in [2.45, 2.75) is 19.8 Å². The SMILES string of the molecule is COc1cc(C)c(Cl)cc1CCNCCCO. The molecule has 0 aromatic heterocycles. The molecule has 0 saturated heterocycles. The zero-order valence-electron chi connectivity index (χ0n) is 10.4. The number of rotatable bonds is 7. The van der Waals surface area contributed by atoms with Crippen LogP contribution < -0.4 is 10.1 Å². The second-order valence-corrected chi connectivity index (χ2v) is 4.40. The molecule has 2 N–H and O–H groups in total. The first-order valence-corrected chi connectivity index (χ1v) is 6.21. The summed E-state index contributed by atoms with van der Waals surface area (Å²) in [7, 11) is 1.67. The first kappa shape index (κ1) is 14.3. The molecule has 0 fully saturated rings. The van der Waals surface area contributed by atoms with Gasteiger partial charge in [-0.15, -0.1) is 0 Å². The molecule has 0 unspecified atom stereocenters. The van der Waals surface area contributed by atoms with Gasteiger partial charge in [0.05, 0.1) is 7.11 Å². The summed E-state index contributed by atoms with van der Waals surface area (Å²) < 4.78 is 5.33. The van der Waals surface area contributed by atoms with Crippen LogP contribution in [0.2, 0.25) is 5.02 Å². The average Bonchev–Trinajstić information content (AvgIpc) is 2.33. The zero-order valence-corrected chi connectivity index (χ0v) is 11.2. The van der Waals surface area contributed by atoms with Crippen LogP contribution in [0.1, 0.15) is 17.5 Å². The largest absolute Gasteiger partial charge is 0.496 e. The minimum absolute atomic E-state index is 0.229. The van der Waals surface area contributed by atoms with Crippen molar-refractivity contribution in [2.24, 2.45) is 0 Å². The molecule has 1 rings (SSSR count). The zero-order chi connectivity index (χ0) is 12.7. The molecular formula is C13H20ClNO2. The molecule has 3 nitrogen and oxygen atoms in total. The lowest BCUT2D eigenvalue weighted by Crippen LogP contribution is -2.19. The Hall–Kier alpha value is -0.770. The average molecular weight is 258 g/mol. The molecule has 0 aliphatic heterocycles. The Morgan fingerprint density at radius 1 is 1.35 bits per heavy atom. The van der Waals surface area contributed by atoms with Gasteiger partial charge in [-0.1, -0.05) is 11.6 Å². The highest BCUT2D eigenvalue weighted by molar-refractivity contribution is 6.31. The highest BCUT2D eigenvalue weighted by atomic mass is 35.5. The first-order chi connectivity index (χ1) is 8.19. The number of aliphatic hydroxyl groups excluding tert-OH is 1. The maximum atomic E-state index is 8.65. The van der Waals surface area contributed by atoms with Crippen molar-refractivity contribution in [1.29, 1.82) is 0 Å². The van der Waals surface area contributed by atoms with Gasteiger partial charge in [-0.25, -0.2) is 0 Å². The van der Waals surface area contributed by atoms with Crippen molar-refractivity contribution < 1.29 is 9.84 Å². The van der Waals surface area contributed by atoms with E-state index in [1.165, 1.54) is 0 Å². The van der Waals surface area contributed by atoms with E-state index in [0.29, 0.717) is 0 Å². The Balaban J connectivity index is 2.54. The van der Waals surface area contributed by atoms with Gasteiger partial charge in [-0.05, 0) is 56.1 Å². The van der Waals surface area contributed by atoms with Gasteiger partial charge in [0.25, 0.3) is 0 Å². The van der Waals surface area contributed by atoms with Crippen LogP contribution in [0, 0.1) is 6.92 Å². The van der Waals surface area contributed by atoms with Gasteiger partial charge in [-0.3, -0.25) is 0 Å². The lowest BCUT2D eigenvalue weighted by Gasteiger charge is -2.11. The van der Waals surface area contributed by atoms with E-state index in [0.717, 1.165) is 47.8 Å². The fourth-order valence-electron chi connectivity index (χ4n) is 1.63. The molecule has 17 heavy (non-hydrogen) atoms. The van der Waals surface area contributed by atoms with Gasteiger partial charge in [0.2, 0.25) is 0 Å². The van der Waals surface area contributed by atoms with E-state index in [9.17, 15) is 0 Å². The summed E-state index contributed by atoms with van der Waals surface area (Å²) in [6.07, 6.45) is 1.65. The molecule has 4 heteroatoms. The van der Waals surface area contributed by atoms with Crippen molar-refractivity contribution in [3.63, 3.8) is 0 Å². The van der Waals surface area contributed by atoms with Crippen LogP contribution in [-0.2, 0) is 6.42 Å². The van der Waals surface area contributed by atoms with Gasteiger partial charge in [0, 0.05) is 11.6 Å². The van der Waals surface area contributed by atoms with E-state index in [1.54, 1.807) is 7.11 Å². The lowest BCUT2D eigenvalue weighted by atomic mass is 10.1. The van der Waals surface area contributed by atoms with Gasteiger partial charge in [0.15, 0.2) is 0 Å². The van der Waals surface area contributed by atoms with E-state index >= 15 is 0 Å². The monoisotopic (exact) mass is 257 g/mol. The molecule has 0 aliphatic rings. The Bertz CT molecular complexity index is 356. The molecule has 0 atom stereocenters. The van der Waals surface area contributed by atoms with E-state index in [2.05, 4.69) is 5.32 Å². The van der Waals surface area contributed by atoms with E-state index in [1.807, 2.05) is 19.1 Å². The number of aliphatic hydroxyl groups is 1. The summed E-state index contributed by atoms with van der Waals surface area (Å²) in [5, 5.41) is 12.7. The lowest BCUT2D eigenvalue weighted by molar-refractivity contribution is 0.286. The van der Waals surface area contributed by atoms with E-state index in [-0.39, 0.29) is 6.61 Å². The highest BCUT2D eigenvalue weighted by Gasteiger charge is 2.06. The molecule has 1 aromatic rings. The highest BCUT2D eigenvalue weighted by Crippen LogP contribution is 2.26. The number of benzene rings is 1. The van der Waals surface area contributed by atoms with Crippen LogP contribution in [-0.4, -0.2) is 31.9 Å². The molecule has 0 spiro atoms. The normalized spacial score (nSPS) is 10.6. The number of halogens is 1. The first-order valence-electron chi connectivity index (χ1n) is 5.83. The van der Waals surface area contributed by atoms with Gasteiger partial charge < -0.3 is 15.2 Å². The number of methoxy groups -OCH3 is 1. The minimum atomic E-state index is 0.229. The van der Waals surface area contributed by atoms with Crippen LogP contribution in [0.25, 0.3) is 0 Å². The maximum absolute atomic E-state index is 8.65. The quantitative estimate of drug-likeness (QED) is 0.736. The van der Waals surface area contributed by atoms with E-state index < -0.39 is 0 Å². The maximum Gasteiger partial charge on any atom is 0.122 e. The van der Waals surface area contributed by atoms with Gasteiger partial charge in [0.1, 0.15) is 5.75 Å². The number of aryl methyl sites for hydroxylation is 1. The second kappa shape index (κ2) is 7.54.